The van der Waals surface area contributed by atoms with Crippen molar-refractivity contribution in [2.75, 3.05) is 6.61 Å². The lowest BCUT2D eigenvalue weighted by Gasteiger charge is -2.15. The summed E-state index contributed by atoms with van der Waals surface area (Å²) >= 11 is 0. The van der Waals surface area contributed by atoms with Crippen LogP contribution in [0, 0.1) is 0 Å². The Balaban J connectivity index is 0.00000225. The predicted molar refractivity (Wildman–Crippen MR) is 71.2 cm³/mol. The zero-order valence-corrected chi connectivity index (χ0v) is 10.5. The Kier molecular flexibility index (Phi) is 7.69. The molecule has 0 saturated carbocycles. The van der Waals surface area contributed by atoms with Crippen LogP contribution in [0.4, 0.5) is 0 Å². The van der Waals surface area contributed by atoms with Gasteiger partial charge < -0.3 is 10.5 Å². The minimum absolute atomic E-state index is 0. The fourth-order valence-electron chi connectivity index (χ4n) is 1.53. The summed E-state index contributed by atoms with van der Waals surface area (Å²) in [5, 5.41) is 0. The van der Waals surface area contributed by atoms with Gasteiger partial charge in [-0.1, -0.05) is 24.3 Å². The molecule has 16 heavy (non-hydrogen) atoms. The first-order valence-electron chi connectivity index (χ1n) is 5.37. The van der Waals surface area contributed by atoms with Gasteiger partial charge in [0.05, 0.1) is 6.61 Å². The van der Waals surface area contributed by atoms with E-state index in [1.54, 1.807) is 0 Å². The summed E-state index contributed by atoms with van der Waals surface area (Å²) in [6.07, 6.45) is 3.73. The average Bonchev–Trinajstić information content (AvgIpc) is 2.27. The van der Waals surface area contributed by atoms with Gasteiger partial charge >= 0.3 is 0 Å². The molecule has 2 nitrogen and oxygen atoms in total. The molecule has 0 saturated heterocycles. The molecule has 0 fully saturated rings. The second-order valence-electron chi connectivity index (χ2n) is 3.44. The molecule has 1 rings (SSSR count). The van der Waals surface area contributed by atoms with Crippen molar-refractivity contribution in [2.45, 2.75) is 25.8 Å². The lowest BCUT2D eigenvalue weighted by Crippen LogP contribution is -2.11. The molecule has 1 aromatic carbocycles. The van der Waals surface area contributed by atoms with Crippen LogP contribution in [0.2, 0.25) is 0 Å². The summed E-state index contributed by atoms with van der Waals surface area (Å²) in [4.78, 5) is 0. The molecule has 90 valence electrons. The Hall–Kier alpha value is -0.990. The van der Waals surface area contributed by atoms with Crippen LogP contribution >= 0.6 is 12.4 Å². The highest BCUT2D eigenvalue weighted by atomic mass is 35.5. The SMILES string of the molecule is C=CCC[C@H](N)c1ccccc1OCC.Cl. The highest BCUT2D eigenvalue weighted by molar-refractivity contribution is 5.85. The smallest absolute Gasteiger partial charge is 0.124 e. The van der Waals surface area contributed by atoms with Gasteiger partial charge in [-0.05, 0) is 25.8 Å². The van der Waals surface area contributed by atoms with Gasteiger partial charge in [0.15, 0.2) is 0 Å². The van der Waals surface area contributed by atoms with E-state index in [2.05, 4.69) is 6.58 Å². The maximum atomic E-state index is 6.08. The molecule has 0 aliphatic carbocycles. The summed E-state index contributed by atoms with van der Waals surface area (Å²) in [7, 11) is 0. The molecule has 0 radical (unpaired) electrons. The molecular weight excluding hydrogens is 222 g/mol. The van der Waals surface area contributed by atoms with E-state index in [4.69, 9.17) is 10.5 Å². The lowest BCUT2D eigenvalue weighted by atomic mass is 10.0. The first-order valence-corrected chi connectivity index (χ1v) is 5.37. The molecule has 0 spiro atoms. The molecule has 0 aromatic heterocycles. The van der Waals surface area contributed by atoms with Crippen molar-refractivity contribution in [3.8, 4) is 5.75 Å². The van der Waals surface area contributed by atoms with E-state index >= 15 is 0 Å². The summed E-state index contributed by atoms with van der Waals surface area (Å²) in [6, 6.07) is 7.98. The van der Waals surface area contributed by atoms with Crippen LogP contribution in [0.3, 0.4) is 0 Å². The van der Waals surface area contributed by atoms with E-state index in [-0.39, 0.29) is 18.4 Å². The van der Waals surface area contributed by atoms with Crippen LogP contribution in [0.15, 0.2) is 36.9 Å². The molecule has 0 aliphatic rings. The van der Waals surface area contributed by atoms with Crippen molar-refractivity contribution in [3.05, 3.63) is 42.5 Å². The van der Waals surface area contributed by atoms with Crippen LogP contribution in [0.1, 0.15) is 31.4 Å². The van der Waals surface area contributed by atoms with Crippen molar-refractivity contribution >= 4 is 12.4 Å². The van der Waals surface area contributed by atoms with Crippen LogP contribution in [0.5, 0.6) is 5.75 Å². The predicted octanol–water partition coefficient (Wildman–Crippen LogP) is 3.47. The first kappa shape index (κ1) is 15.0. The van der Waals surface area contributed by atoms with Crippen LogP contribution in [0.25, 0.3) is 0 Å². The zero-order chi connectivity index (χ0) is 11.1. The molecule has 0 unspecified atom stereocenters. The van der Waals surface area contributed by atoms with Gasteiger partial charge in [0.25, 0.3) is 0 Å². The van der Waals surface area contributed by atoms with E-state index in [1.807, 2.05) is 37.3 Å². The molecule has 0 amide bonds. The number of allylic oxidation sites excluding steroid dienone is 1. The summed E-state index contributed by atoms with van der Waals surface area (Å²) < 4.78 is 5.53. The van der Waals surface area contributed by atoms with E-state index < -0.39 is 0 Å². The van der Waals surface area contributed by atoms with Gasteiger partial charge in [0.2, 0.25) is 0 Å². The van der Waals surface area contributed by atoms with Crippen molar-refractivity contribution in [1.29, 1.82) is 0 Å². The van der Waals surface area contributed by atoms with Gasteiger partial charge in [-0.2, -0.15) is 0 Å². The maximum Gasteiger partial charge on any atom is 0.124 e. The minimum atomic E-state index is 0. The summed E-state index contributed by atoms with van der Waals surface area (Å²) in [5.41, 5.74) is 7.17. The number of benzene rings is 1. The lowest BCUT2D eigenvalue weighted by molar-refractivity contribution is 0.333. The minimum Gasteiger partial charge on any atom is -0.494 e. The standard InChI is InChI=1S/C13H19NO.ClH/c1-3-5-9-12(14)11-8-6-7-10-13(11)15-4-2;/h3,6-8,10,12H,1,4-5,9,14H2,2H3;1H/t12-;/m0./s1. The van der Waals surface area contributed by atoms with Crippen LogP contribution in [-0.2, 0) is 0 Å². The summed E-state index contributed by atoms with van der Waals surface area (Å²) in [6.45, 7) is 6.35. The molecule has 0 aliphatic heterocycles. The molecule has 1 aromatic rings. The molecular formula is C13H20ClNO. The van der Waals surface area contributed by atoms with Crippen molar-refractivity contribution in [3.63, 3.8) is 0 Å². The second kappa shape index (κ2) is 8.20. The molecule has 3 heteroatoms. The highest BCUT2D eigenvalue weighted by Crippen LogP contribution is 2.26. The Bertz CT molecular complexity index is 315. The third kappa shape index (κ3) is 4.25. The third-order valence-electron chi connectivity index (χ3n) is 2.30. The van der Waals surface area contributed by atoms with Crippen molar-refractivity contribution < 1.29 is 4.74 Å². The highest BCUT2D eigenvalue weighted by Gasteiger charge is 2.10. The van der Waals surface area contributed by atoms with E-state index in [0.717, 1.165) is 24.2 Å². The Labute approximate surface area is 104 Å². The quantitative estimate of drug-likeness (QED) is 0.774. The number of halogens is 1. The van der Waals surface area contributed by atoms with E-state index in [9.17, 15) is 0 Å². The Morgan fingerprint density at radius 1 is 1.44 bits per heavy atom. The topological polar surface area (TPSA) is 35.2 Å². The number of para-hydroxylation sites is 1. The fraction of sp³-hybridized carbons (Fsp3) is 0.385. The van der Waals surface area contributed by atoms with Crippen molar-refractivity contribution in [2.24, 2.45) is 5.73 Å². The maximum absolute atomic E-state index is 6.08. The molecule has 2 N–H and O–H groups in total. The van der Waals surface area contributed by atoms with Crippen LogP contribution < -0.4 is 10.5 Å². The second-order valence-corrected chi connectivity index (χ2v) is 3.44. The van der Waals surface area contributed by atoms with Gasteiger partial charge in [0.1, 0.15) is 5.75 Å². The van der Waals surface area contributed by atoms with E-state index in [1.165, 1.54) is 0 Å². The Morgan fingerprint density at radius 2 is 2.12 bits per heavy atom. The van der Waals surface area contributed by atoms with Crippen molar-refractivity contribution in [1.82, 2.24) is 0 Å². The number of hydrogen-bond donors (Lipinski definition) is 1. The van der Waals surface area contributed by atoms with Gasteiger partial charge in [-0.15, -0.1) is 19.0 Å². The van der Waals surface area contributed by atoms with Gasteiger partial charge in [-0.3, -0.25) is 0 Å². The number of hydrogen-bond acceptors (Lipinski definition) is 2. The summed E-state index contributed by atoms with van der Waals surface area (Å²) in [5.74, 6) is 0.900. The monoisotopic (exact) mass is 241 g/mol. The molecule has 0 heterocycles. The van der Waals surface area contributed by atoms with Gasteiger partial charge in [-0.25, -0.2) is 0 Å². The van der Waals surface area contributed by atoms with Crippen LogP contribution in [-0.4, -0.2) is 6.61 Å². The largest absolute Gasteiger partial charge is 0.494 e. The zero-order valence-electron chi connectivity index (χ0n) is 9.69. The molecule has 0 bridgehead atoms. The fourth-order valence-corrected chi connectivity index (χ4v) is 1.53. The number of nitrogens with two attached hydrogens (primary N) is 1. The number of rotatable bonds is 6. The number of ether oxygens (including phenoxy) is 1. The van der Waals surface area contributed by atoms with E-state index in [0.29, 0.717) is 6.61 Å². The van der Waals surface area contributed by atoms with Gasteiger partial charge in [0, 0.05) is 11.6 Å². The normalized spacial score (nSPS) is 11.4. The third-order valence-corrected chi connectivity index (χ3v) is 2.30. The first-order chi connectivity index (χ1) is 7.29. The average molecular weight is 242 g/mol. The Morgan fingerprint density at radius 3 is 2.75 bits per heavy atom. The molecule has 1 atom stereocenters.